The highest BCUT2D eigenvalue weighted by atomic mass is 16.5. The molecule has 2 aliphatic heterocycles. The fourth-order valence-electron chi connectivity index (χ4n) is 3.07. The SMILES string of the molecule is CCC1(C(=O)O)CCCN1C(=O)NC1CCOC1C. The molecule has 2 aliphatic rings. The quantitative estimate of drug-likeness (QED) is 0.807. The number of carboxylic acids is 1. The van der Waals surface area contributed by atoms with Crippen molar-refractivity contribution in [2.75, 3.05) is 13.2 Å². The van der Waals surface area contributed by atoms with Gasteiger partial charge in [-0.05, 0) is 32.6 Å². The molecule has 3 unspecified atom stereocenters. The second-order valence-electron chi connectivity index (χ2n) is 5.37. The zero-order valence-corrected chi connectivity index (χ0v) is 11.5. The molecule has 2 saturated heterocycles. The van der Waals surface area contributed by atoms with Crippen LogP contribution in [0.15, 0.2) is 0 Å². The maximum Gasteiger partial charge on any atom is 0.329 e. The molecule has 19 heavy (non-hydrogen) atoms. The minimum Gasteiger partial charge on any atom is -0.479 e. The van der Waals surface area contributed by atoms with E-state index in [9.17, 15) is 14.7 Å². The number of aliphatic carboxylic acids is 1. The largest absolute Gasteiger partial charge is 0.479 e. The van der Waals surface area contributed by atoms with Gasteiger partial charge in [0.05, 0.1) is 12.1 Å². The van der Waals surface area contributed by atoms with Gasteiger partial charge in [-0.3, -0.25) is 0 Å². The number of ether oxygens (including phenoxy) is 1. The van der Waals surface area contributed by atoms with E-state index < -0.39 is 11.5 Å². The molecule has 0 aromatic rings. The van der Waals surface area contributed by atoms with E-state index in [0.717, 1.165) is 12.8 Å². The monoisotopic (exact) mass is 270 g/mol. The number of nitrogens with one attached hydrogen (secondary N) is 1. The van der Waals surface area contributed by atoms with Crippen LogP contribution in [-0.4, -0.2) is 52.8 Å². The number of hydrogen-bond donors (Lipinski definition) is 2. The molecule has 0 radical (unpaired) electrons. The van der Waals surface area contributed by atoms with Crippen molar-refractivity contribution in [3.63, 3.8) is 0 Å². The lowest BCUT2D eigenvalue weighted by Crippen LogP contribution is -2.57. The van der Waals surface area contributed by atoms with Crippen LogP contribution < -0.4 is 5.32 Å². The van der Waals surface area contributed by atoms with Crippen LogP contribution in [0.1, 0.15) is 39.5 Å². The van der Waals surface area contributed by atoms with Crippen molar-refractivity contribution >= 4 is 12.0 Å². The van der Waals surface area contributed by atoms with Gasteiger partial charge in [0, 0.05) is 13.2 Å². The third-order valence-corrected chi connectivity index (χ3v) is 4.40. The summed E-state index contributed by atoms with van der Waals surface area (Å²) in [6, 6.07) is -0.291. The van der Waals surface area contributed by atoms with E-state index in [1.807, 2.05) is 13.8 Å². The van der Waals surface area contributed by atoms with Crippen molar-refractivity contribution in [2.45, 2.75) is 57.2 Å². The Bertz CT molecular complexity index is 374. The molecule has 0 aromatic heterocycles. The van der Waals surface area contributed by atoms with Crippen molar-refractivity contribution in [1.29, 1.82) is 0 Å². The minimum absolute atomic E-state index is 0.00703. The van der Waals surface area contributed by atoms with Crippen LogP contribution in [0, 0.1) is 0 Å². The van der Waals surface area contributed by atoms with Gasteiger partial charge in [0.1, 0.15) is 5.54 Å². The van der Waals surface area contributed by atoms with Crippen LogP contribution in [0.2, 0.25) is 0 Å². The number of hydrogen-bond acceptors (Lipinski definition) is 3. The second-order valence-corrected chi connectivity index (χ2v) is 5.37. The van der Waals surface area contributed by atoms with Crippen LogP contribution in [-0.2, 0) is 9.53 Å². The maximum absolute atomic E-state index is 12.3. The predicted octanol–water partition coefficient (Wildman–Crippen LogP) is 1.20. The number of likely N-dealkylation sites (tertiary alicyclic amines) is 1. The fourth-order valence-corrected chi connectivity index (χ4v) is 3.07. The molecule has 0 aromatic carbocycles. The molecule has 108 valence electrons. The first-order valence-corrected chi connectivity index (χ1v) is 6.94. The zero-order valence-electron chi connectivity index (χ0n) is 11.5. The second kappa shape index (κ2) is 5.36. The van der Waals surface area contributed by atoms with Crippen LogP contribution in [0.3, 0.4) is 0 Å². The Kier molecular flexibility index (Phi) is 3.99. The number of carboxylic acid groups (broad SMARTS) is 1. The smallest absolute Gasteiger partial charge is 0.329 e. The molecule has 2 amide bonds. The highest BCUT2D eigenvalue weighted by Gasteiger charge is 2.49. The normalized spacial score (nSPS) is 34.5. The Hall–Kier alpha value is -1.30. The van der Waals surface area contributed by atoms with Crippen molar-refractivity contribution in [3.8, 4) is 0 Å². The standard InChI is InChI=1S/C13H22N2O4/c1-3-13(11(16)17)6-4-7-15(13)12(18)14-10-5-8-19-9(10)2/h9-10H,3-8H2,1-2H3,(H,14,18)(H,16,17). The number of carbonyl (C=O) groups is 2. The van der Waals surface area contributed by atoms with Crippen LogP contribution in [0.25, 0.3) is 0 Å². The molecule has 0 saturated carbocycles. The van der Waals surface area contributed by atoms with Gasteiger partial charge < -0.3 is 20.1 Å². The molecule has 6 heteroatoms. The Morgan fingerprint density at radius 1 is 1.53 bits per heavy atom. The van der Waals surface area contributed by atoms with Crippen molar-refractivity contribution in [1.82, 2.24) is 10.2 Å². The van der Waals surface area contributed by atoms with Crippen molar-refractivity contribution in [2.24, 2.45) is 0 Å². The van der Waals surface area contributed by atoms with Gasteiger partial charge in [0.15, 0.2) is 0 Å². The third kappa shape index (κ3) is 2.41. The molecular weight excluding hydrogens is 248 g/mol. The van der Waals surface area contributed by atoms with Gasteiger partial charge in [-0.2, -0.15) is 0 Å². The van der Waals surface area contributed by atoms with Crippen molar-refractivity contribution < 1.29 is 19.4 Å². The predicted molar refractivity (Wildman–Crippen MR) is 68.9 cm³/mol. The van der Waals surface area contributed by atoms with E-state index in [-0.39, 0.29) is 18.2 Å². The summed E-state index contributed by atoms with van der Waals surface area (Å²) in [4.78, 5) is 25.3. The summed E-state index contributed by atoms with van der Waals surface area (Å²) in [7, 11) is 0. The Balaban J connectivity index is 2.07. The van der Waals surface area contributed by atoms with E-state index in [0.29, 0.717) is 26.0 Å². The van der Waals surface area contributed by atoms with Crippen LogP contribution in [0.5, 0.6) is 0 Å². The molecule has 2 fully saturated rings. The average molecular weight is 270 g/mol. The summed E-state index contributed by atoms with van der Waals surface area (Å²) < 4.78 is 5.41. The summed E-state index contributed by atoms with van der Waals surface area (Å²) in [6.07, 6.45) is 2.49. The van der Waals surface area contributed by atoms with Crippen molar-refractivity contribution in [3.05, 3.63) is 0 Å². The molecule has 2 heterocycles. The first-order valence-electron chi connectivity index (χ1n) is 6.94. The summed E-state index contributed by atoms with van der Waals surface area (Å²) in [5, 5.41) is 12.4. The lowest BCUT2D eigenvalue weighted by Gasteiger charge is -2.34. The number of rotatable bonds is 3. The molecule has 0 spiro atoms. The number of nitrogens with zero attached hydrogens (tertiary/aromatic N) is 1. The highest BCUT2D eigenvalue weighted by Crippen LogP contribution is 2.33. The zero-order chi connectivity index (χ0) is 14.0. The first kappa shape index (κ1) is 14.1. The van der Waals surface area contributed by atoms with E-state index in [1.165, 1.54) is 4.90 Å². The number of amides is 2. The minimum atomic E-state index is -1.03. The van der Waals surface area contributed by atoms with Crippen LogP contribution >= 0.6 is 0 Å². The highest BCUT2D eigenvalue weighted by molar-refractivity contribution is 5.87. The van der Waals surface area contributed by atoms with E-state index in [2.05, 4.69) is 5.32 Å². The maximum atomic E-state index is 12.3. The Labute approximate surface area is 113 Å². The van der Waals surface area contributed by atoms with Crippen LogP contribution in [0.4, 0.5) is 4.79 Å². The van der Waals surface area contributed by atoms with E-state index >= 15 is 0 Å². The van der Waals surface area contributed by atoms with Gasteiger partial charge in [-0.1, -0.05) is 6.92 Å². The molecular formula is C13H22N2O4. The molecule has 2 N–H and O–H groups in total. The summed E-state index contributed by atoms with van der Waals surface area (Å²) in [5.74, 6) is -0.904. The molecule has 2 rings (SSSR count). The topological polar surface area (TPSA) is 78.9 Å². The van der Waals surface area contributed by atoms with E-state index in [1.54, 1.807) is 0 Å². The fraction of sp³-hybridized carbons (Fsp3) is 0.846. The Morgan fingerprint density at radius 3 is 2.79 bits per heavy atom. The lowest BCUT2D eigenvalue weighted by atomic mass is 9.93. The van der Waals surface area contributed by atoms with Gasteiger partial charge in [-0.25, -0.2) is 9.59 Å². The van der Waals surface area contributed by atoms with Gasteiger partial charge in [0.25, 0.3) is 0 Å². The molecule has 0 aliphatic carbocycles. The molecule has 0 bridgehead atoms. The third-order valence-electron chi connectivity index (χ3n) is 4.40. The number of urea groups is 1. The van der Waals surface area contributed by atoms with Gasteiger partial charge in [0.2, 0.25) is 0 Å². The van der Waals surface area contributed by atoms with Gasteiger partial charge >= 0.3 is 12.0 Å². The lowest BCUT2D eigenvalue weighted by molar-refractivity contribution is -0.148. The average Bonchev–Trinajstić information content (AvgIpc) is 2.96. The Morgan fingerprint density at radius 2 is 2.26 bits per heavy atom. The van der Waals surface area contributed by atoms with E-state index in [4.69, 9.17) is 4.74 Å². The number of carbonyl (C=O) groups excluding carboxylic acids is 1. The summed E-state index contributed by atoms with van der Waals surface area (Å²) in [5.41, 5.74) is -1.03. The van der Waals surface area contributed by atoms with Gasteiger partial charge in [-0.15, -0.1) is 0 Å². The molecule has 3 atom stereocenters. The first-order chi connectivity index (χ1) is 9.01. The summed E-state index contributed by atoms with van der Waals surface area (Å²) >= 11 is 0. The summed E-state index contributed by atoms with van der Waals surface area (Å²) in [6.45, 7) is 4.89. The molecule has 6 nitrogen and oxygen atoms in total.